The molecular formula is C9H16N4. The number of hydrogen-bond acceptors (Lipinski definition) is 3. The van der Waals surface area contributed by atoms with Crippen molar-refractivity contribution < 1.29 is 0 Å². The summed E-state index contributed by atoms with van der Waals surface area (Å²) < 4.78 is 2.00. The molecule has 2 heterocycles. The van der Waals surface area contributed by atoms with Gasteiger partial charge in [-0.05, 0) is 11.8 Å². The van der Waals surface area contributed by atoms with E-state index in [1.165, 1.54) is 0 Å². The molecule has 1 aliphatic rings. The molecule has 4 nitrogen and oxygen atoms in total. The van der Waals surface area contributed by atoms with Crippen molar-refractivity contribution in [3.05, 3.63) is 6.33 Å². The Balaban J connectivity index is 2.35. The Morgan fingerprint density at radius 3 is 3.00 bits per heavy atom. The molecule has 0 aromatic carbocycles. The second kappa shape index (κ2) is 2.72. The van der Waals surface area contributed by atoms with Crippen LogP contribution in [-0.4, -0.2) is 21.3 Å². The van der Waals surface area contributed by atoms with Crippen molar-refractivity contribution in [1.82, 2.24) is 14.8 Å². The molecule has 0 saturated carbocycles. The predicted octanol–water partition coefficient (Wildman–Crippen LogP) is 1.68. The lowest BCUT2D eigenvalue weighted by Gasteiger charge is -2.34. The number of nitrogens with one attached hydrogen (secondary N) is 1. The summed E-state index contributed by atoms with van der Waals surface area (Å²) in [6, 6.07) is 0.464. The van der Waals surface area contributed by atoms with Gasteiger partial charge in [0.15, 0.2) is 0 Å². The largest absolute Gasteiger partial charge is 0.354 e. The maximum Gasteiger partial charge on any atom is 0.221 e. The molecule has 0 spiro atoms. The van der Waals surface area contributed by atoms with Crippen molar-refractivity contribution in [2.24, 2.45) is 5.41 Å². The number of fused-ring (bicyclic) bond motifs is 1. The van der Waals surface area contributed by atoms with Crippen molar-refractivity contribution in [2.75, 3.05) is 11.9 Å². The Kier molecular flexibility index (Phi) is 1.78. The molecule has 0 aliphatic carbocycles. The molecule has 1 aromatic heterocycles. The van der Waals surface area contributed by atoms with Crippen LogP contribution in [0.3, 0.4) is 0 Å². The third-order valence-electron chi connectivity index (χ3n) is 2.57. The number of aromatic nitrogens is 3. The zero-order chi connectivity index (χ0) is 9.47. The smallest absolute Gasteiger partial charge is 0.221 e. The van der Waals surface area contributed by atoms with Gasteiger partial charge in [-0.1, -0.05) is 20.8 Å². The van der Waals surface area contributed by atoms with E-state index in [-0.39, 0.29) is 5.41 Å². The van der Waals surface area contributed by atoms with Gasteiger partial charge in [0.25, 0.3) is 0 Å². The average Bonchev–Trinajstić information content (AvgIpc) is 2.48. The Hall–Kier alpha value is -1.06. The molecule has 4 heteroatoms. The number of hydrogen-bond donors (Lipinski definition) is 1. The quantitative estimate of drug-likeness (QED) is 0.660. The number of anilines is 1. The highest BCUT2D eigenvalue weighted by Crippen LogP contribution is 2.36. The highest BCUT2D eigenvalue weighted by molar-refractivity contribution is 5.26. The fraction of sp³-hybridized carbons (Fsp3) is 0.778. The number of rotatable bonds is 0. The molecular weight excluding hydrogens is 164 g/mol. The third-order valence-corrected chi connectivity index (χ3v) is 2.57. The van der Waals surface area contributed by atoms with Crippen LogP contribution >= 0.6 is 0 Å². The van der Waals surface area contributed by atoms with Crippen LogP contribution in [0.2, 0.25) is 0 Å². The molecule has 2 rings (SSSR count). The van der Waals surface area contributed by atoms with E-state index in [1.54, 1.807) is 6.33 Å². The Morgan fingerprint density at radius 1 is 1.54 bits per heavy atom. The van der Waals surface area contributed by atoms with Gasteiger partial charge in [-0.2, -0.15) is 10.1 Å². The Bertz CT molecular complexity index is 297. The van der Waals surface area contributed by atoms with Crippen LogP contribution < -0.4 is 5.32 Å². The summed E-state index contributed by atoms with van der Waals surface area (Å²) in [4.78, 5) is 4.16. The fourth-order valence-corrected chi connectivity index (χ4v) is 1.85. The van der Waals surface area contributed by atoms with Crippen LogP contribution in [-0.2, 0) is 0 Å². The normalized spacial score (nSPS) is 22.2. The zero-order valence-corrected chi connectivity index (χ0v) is 8.41. The van der Waals surface area contributed by atoms with E-state index < -0.39 is 0 Å². The molecule has 0 fully saturated rings. The van der Waals surface area contributed by atoms with Gasteiger partial charge in [-0.15, -0.1) is 0 Å². The van der Waals surface area contributed by atoms with Gasteiger partial charge in [-0.25, -0.2) is 4.68 Å². The molecule has 0 saturated heterocycles. The van der Waals surface area contributed by atoms with Crippen molar-refractivity contribution in [1.29, 1.82) is 0 Å². The van der Waals surface area contributed by atoms with Crippen LogP contribution in [0.15, 0.2) is 6.33 Å². The Morgan fingerprint density at radius 2 is 2.31 bits per heavy atom. The molecule has 0 bridgehead atoms. The van der Waals surface area contributed by atoms with Gasteiger partial charge in [0.2, 0.25) is 5.95 Å². The fourth-order valence-electron chi connectivity index (χ4n) is 1.85. The van der Waals surface area contributed by atoms with E-state index in [0.29, 0.717) is 6.04 Å². The molecule has 0 amide bonds. The van der Waals surface area contributed by atoms with Crippen molar-refractivity contribution in [3.8, 4) is 0 Å². The van der Waals surface area contributed by atoms with Gasteiger partial charge in [-0.3, -0.25) is 0 Å². The predicted molar refractivity (Wildman–Crippen MR) is 51.6 cm³/mol. The van der Waals surface area contributed by atoms with E-state index in [9.17, 15) is 0 Å². The Labute approximate surface area is 78.4 Å². The van der Waals surface area contributed by atoms with Crippen LogP contribution in [0.1, 0.15) is 33.2 Å². The lowest BCUT2D eigenvalue weighted by molar-refractivity contribution is 0.210. The lowest BCUT2D eigenvalue weighted by Crippen LogP contribution is -2.32. The lowest BCUT2D eigenvalue weighted by atomic mass is 9.84. The standard InChI is InChI=1S/C9H16N4/c1-9(2,3)7-4-5-10-8-11-6-12-13(7)8/h6-7H,4-5H2,1-3H3,(H,10,11,12). The van der Waals surface area contributed by atoms with Crippen molar-refractivity contribution >= 4 is 5.95 Å². The summed E-state index contributed by atoms with van der Waals surface area (Å²) in [5.41, 5.74) is 0.255. The monoisotopic (exact) mass is 180 g/mol. The summed E-state index contributed by atoms with van der Waals surface area (Å²) in [7, 11) is 0. The third kappa shape index (κ3) is 1.41. The maximum atomic E-state index is 4.25. The highest BCUT2D eigenvalue weighted by Gasteiger charge is 2.31. The minimum atomic E-state index is 0.255. The second-order valence-electron chi connectivity index (χ2n) is 4.63. The zero-order valence-electron chi connectivity index (χ0n) is 8.41. The van der Waals surface area contributed by atoms with Crippen LogP contribution in [0.5, 0.6) is 0 Å². The minimum Gasteiger partial charge on any atom is -0.354 e. The second-order valence-corrected chi connectivity index (χ2v) is 4.63. The van der Waals surface area contributed by atoms with Crippen LogP contribution in [0, 0.1) is 5.41 Å². The van der Waals surface area contributed by atoms with Gasteiger partial charge in [0, 0.05) is 6.54 Å². The first-order valence-corrected chi connectivity index (χ1v) is 4.72. The topological polar surface area (TPSA) is 42.7 Å². The molecule has 1 unspecified atom stereocenters. The van der Waals surface area contributed by atoms with E-state index >= 15 is 0 Å². The average molecular weight is 180 g/mol. The first kappa shape index (κ1) is 8.53. The maximum absolute atomic E-state index is 4.25. The summed E-state index contributed by atoms with van der Waals surface area (Å²) in [5, 5.41) is 7.48. The summed E-state index contributed by atoms with van der Waals surface area (Å²) in [6.07, 6.45) is 2.74. The minimum absolute atomic E-state index is 0.255. The van der Waals surface area contributed by atoms with Gasteiger partial charge >= 0.3 is 0 Å². The van der Waals surface area contributed by atoms with E-state index in [4.69, 9.17) is 0 Å². The molecule has 1 aromatic rings. The van der Waals surface area contributed by atoms with E-state index in [1.807, 2.05) is 4.68 Å². The number of nitrogens with zero attached hydrogens (tertiary/aromatic N) is 3. The van der Waals surface area contributed by atoms with Crippen molar-refractivity contribution in [3.63, 3.8) is 0 Å². The summed E-state index contributed by atoms with van der Waals surface area (Å²) in [5.74, 6) is 0.908. The molecule has 13 heavy (non-hydrogen) atoms. The molecule has 1 aliphatic heterocycles. The van der Waals surface area contributed by atoms with Crippen molar-refractivity contribution in [2.45, 2.75) is 33.2 Å². The molecule has 1 atom stereocenters. The molecule has 1 N–H and O–H groups in total. The van der Waals surface area contributed by atoms with Gasteiger partial charge in [0.1, 0.15) is 6.33 Å². The molecule has 72 valence electrons. The first-order chi connectivity index (χ1) is 6.09. The van der Waals surface area contributed by atoms with Crippen LogP contribution in [0.4, 0.5) is 5.95 Å². The van der Waals surface area contributed by atoms with Gasteiger partial charge in [0.05, 0.1) is 6.04 Å². The van der Waals surface area contributed by atoms with Crippen LogP contribution in [0.25, 0.3) is 0 Å². The van der Waals surface area contributed by atoms with Gasteiger partial charge < -0.3 is 5.32 Å². The molecule has 0 radical (unpaired) electrons. The highest BCUT2D eigenvalue weighted by atomic mass is 15.4. The first-order valence-electron chi connectivity index (χ1n) is 4.72. The summed E-state index contributed by atoms with van der Waals surface area (Å²) in [6.45, 7) is 7.73. The SMILES string of the molecule is CC(C)(C)C1CCNc2ncnn21. The summed E-state index contributed by atoms with van der Waals surface area (Å²) >= 11 is 0. The van der Waals surface area contributed by atoms with E-state index in [2.05, 4.69) is 36.2 Å². The van der Waals surface area contributed by atoms with E-state index in [0.717, 1.165) is 18.9 Å².